The van der Waals surface area contributed by atoms with Crippen molar-refractivity contribution in [3.05, 3.63) is 0 Å². The fourth-order valence-corrected chi connectivity index (χ4v) is 2.24. The molecule has 0 saturated heterocycles. The zero-order valence-electron chi connectivity index (χ0n) is 11.2. The van der Waals surface area contributed by atoms with Gasteiger partial charge in [-0.15, -0.1) is 0 Å². The molecule has 0 radical (unpaired) electrons. The van der Waals surface area contributed by atoms with Gasteiger partial charge in [0.25, 0.3) is 0 Å². The number of nitrogens with one attached hydrogen (secondary N) is 1. The van der Waals surface area contributed by atoms with E-state index in [0.29, 0.717) is 0 Å². The first kappa shape index (κ1) is 15.5. The van der Waals surface area contributed by atoms with Crippen molar-refractivity contribution in [2.75, 3.05) is 6.61 Å². The SMILES string of the molecule is CCOC(=O)C[C@@H](NC(=O)C1CCCCC1)C(=O)O. The number of aliphatic carboxylic acids is 1. The third-order valence-corrected chi connectivity index (χ3v) is 3.27. The van der Waals surface area contributed by atoms with Crippen molar-refractivity contribution in [2.45, 2.75) is 51.5 Å². The number of carbonyl (C=O) groups excluding carboxylic acids is 2. The number of carboxylic acids is 1. The molecule has 1 amide bonds. The summed E-state index contributed by atoms with van der Waals surface area (Å²) in [5.41, 5.74) is 0. The lowest BCUT2D eigenvalue weighted by atomic mass is 9.88. The van der Waals surface area contributed by atoms with Crippen molar-refractivity contribution < 1.29 is 24.2 Å². The molecule has 0 aromatic carbocycles. The topological polar surface area (TPSA) is 92.7 Å². The lowest BCUT2D eigenvalue weighted by Gasteiger charge is -2.22. The summed E-state index contributed by atoms with van der Waals surface area (Å²) in [4.78, 5) is 34.2. The fraction of sp³-hybridized carbons (Fsp3) is 0.769. The summed E-state index contributed by atoms with van der Waals surface area (Å²) in [6.07, 6.45) is 4.35. The molecule has 1 rings (SSSR count). The number of amides is 1. The third-order valence-electron chi connectivity index (χ3n) is 3.27. The lowest BCUT2D eigenvalue weighted by Crippen LogP contribution is -2.45. The maximum absolute atomic E-state index is 11.9. The van der Waals surface area contributed by atoms with E-state index in [1.807, 2.05) is 0 Å². The highest BCUT2D eigenvalue weighted by Gasteiger charge is 2.28. The molecule has 0 unspecified atom stereocenters. The van der Waals surface area contributed by atoms with Crippen molar-refractivity contribution in [1.29, 1.82) is 0 Å². The van der Waals surface area contributed by atoms with Gasteiger partial charge in [-0.3, -0.25) is 9.59 Å². The zero-order valence-corrected chi connectivity index (χ0v) is 11.2. The highest BCUT2D eigenvalue weighted by atomic mass is 16.5. The molecule has 6 heteroatoms. The Morgan fingerprint density at radius 2 is 1.89 bits per heavy atom. The Kier molecular flexibility index (Phi) is 6.32. The van der Waals surface area contributed by atoms with E-state index in [9.17, 15) is 14.4 Å². The normalized spacial score (nSPS) is 17.5. The molecule has 0 spiro atoms. The molecule has 0 aliphatic heterocycles. The summed E-state index contributed by atoms with van der Waals surface area (Å²) in [5, 5.41) is 11.5. The predicted molar refractivity (Wildman–Crippen MR) is 67.4 cm³/mol. The van der Waals surface area contributed by atoms with Crippen LogP contribution in [0.15, 0.2) is 0 Å². The van der Waals surface area contributed by atoms with Gasteiger partial charge >= 0.3 is 11.9 Å². The molecule has 1 fully saturated rings. The molecular formula is C13H21NO5. The van der Waals surface area contributed by atoms with Crippen LogP contribution < -0.4 is 5.32 Å². The van der Waals surface area contributed by atoms with Gasteiger partial charge in [0.05, 0.1) is 13.0 Å². The van der Waals surface area contributed by atoms with Gasteiger partial charge in [0, 0.05) is 5.92 Å². The Labute approximate surface area is 112 Å². The number of esters is 1. The first-order valence-electron chi connectivity index (χ1n) is 6.73. The predicted octanol–water partition coefficient (Wildman–Crippen LogP) is 1.09. The van der Waals surface area contributed by atoms with E-state index < -0.39 is 18.0 Å². The summed E-state index contributed by atoms with van der Waals surface area (Å²) in [6.45, 7) is 1.84. The number of hydrogen-bond donors (Lipinski definition) is 2. The van der Waals surface area contributed by atoms with E-state index in [-0.39, 0.29) is 24.9 Å². The van der Waals surface area contributed by atoms with Crippen LogP contribution in [0.3, 0.4) is 0 Å². The first-order valence-corrected chi connectivity index (χ1v) is 6.73. The van der Waals surface area contributed by atoms with Gasteiger partial charge < -0.3 is 15.2 Å². The number of carboxylic acid groups (broad SMARTS) is 1. The molecule has 6 nitrogen and oxygen atoms in total. The van der Waals surface area contributed by atoms with E-state index in [2.05, 4.69) is 5.32 Å². The number of carbonyl (C=O) groups is 3. The molecule has 0 heterocycles. The van der Waals surface area contributed by atoms with E-state index in [0.717, 1.165) is 32.1 Å². The minimum atomic E-state index is -1.21. The summed E-state index contributed by atoms with van der Waals surface area (Å²) in [7, 11) is 0. The molecule has 1 saturated carbocycles. The minimum Gasteiger partial charge on any atom is -0.480 e. The Balaban J connectivity index is 2.50. The maximum atomic E-state index is 11.9. The highest BCUT2D eigenvalue weighted by molar-refractivity contribution is 5.88. The molecule has 108 valence electrons. The van der Waals surface area contributed by atoms with Crippen LogP contribution >= 0.6 is 0 Å². The van der Waals surface area contributed by atoms with Crippen molar-refractivity contribution >= 4 is 17.8 Å². The summed E-state index contributed by atoms with van der Waals surface area (Å²) in [5.74, 6) is -2.22. The Bertz CT molecular complexity index is 336. The fourth-order valence-electron chi connectivity index (χ4n) is 2.24. The van der Waals surface area contributed by atoms with Crippen LogP contribution in [0.25, 0.3) is 0 Å². The first-order chi connectivity index (χ1) is 9.04. The minimum absolute atomic E-state index is 0.127. The summed E-state index contributed by atoms with van der Waals surface area (Å²) >= 11 is 0. The van der Waals surface area contributed by atoms with Crippen molar-refractivity contribution in [2.24, 2.45) is 5.92 Å². The van der Waals surface area contributed by atoms with Gasteiger partial charge in [0.15, 0.2) is 0 Å². The average Bonchev–Trinajstić information content (AvgIpc) is 2.39. The van der Waals surface area contributed by atoms with Crippen LogP contribution in [-0.4, -0.2) is 35.6 Å². The number of rotatable bonds is 6. The number of ether oxygens (including phenoxy) is 1. The van der Waals surface area contributed by atoms with Gasteiger partial charge in [-0.2, -0.15) is 0 Å². The average molecular weight is 271 g/mol. The Morgan fingerprint density at radius 1 is 1.26 bits per heavy atom. The molecule has 0 bridgehead atoms. The van der Waals surface area contributed by atoms with Gasteiger partial charge in [-0.05, 0) is 19.8 Å². The molecular weight excluding hydrogens is 250 g/mol. The van der Waals surface area contributed by atoms with Crippen molar-refractivity contribution in [3.63, 3.8) is 0 Å². The quantitative estimate of drug-likeness (QED) is 0.705. The second-order valence-electron chi connectivity index (χ2n) is 4.74. The van der Waals surface area contributed by atoms with E-state index in [1.165, 1.54) is 0 Å². The van der Waals surface area contributed by atoms with Gasteiger partial charge in [-0.1, -0.05) is 19.3 Å². The van der Waals surface area contributed by atoms with Crippen LogP contribution in [0.4, 0.5) is 0 Å². The molecule has 19 heavy (non-hydrogen) atoms. The van der Waals surface area contributed by atoms with Crippen LogP contribution in [0, 0.1) is 5.92 Å². The second-order valence-corrected chi connectivity index (χ2v) is 4.74. The Morgan fingerprint density at radius 3 is 2.42 bits per heavy atom. The molecule has 1 aliphatic rings. The van der Waals surface area contributed by atoms with Gasteiger partial charge in [0.2, 0.25) is 5.91 Å². The van der Waals surface area contributed by atoms with Gasteiger partial charge in [-0.25, -0.2) is 4.79 Å². The van der Waals surface area contributed by atoms with Crippen LogP contribution in [0.2, 0.25) is 0 Å². The van der Waals surface area contributed by atoms with Crippen LogP contribution in [0.1, 0.15) is 45.4 Å². The molecule has 1 atom stereocenters. The van der Waals surface area contributed by atoms with Crippen molar-refractivity contribution in [3.8, 4) is 0 Å². The number of hydrogen-bond acceptors (Lipinski definition) is 4. The maximum Gasteiger partial charge on any atom is 0.326 e. The summed E-state index contributed by atoms with van der Waals surface area (Å²) in [6, 6.07) is -1.20. The smallest absolute Gasteiger partial charge is 0.326 e. The van der Waals surface area contributed by atoms with Crippen LogP contribution in [0.5, 0.6) is 0 Å². The van der Waals surface area contributed by atoms with Gasteiger partial charge in [0.1, 0.15) is 6.04 Å². The van der Waals surface area contributed by atoms with E-state index in [4.69, 9.17) is 9.84 Å². The lowest BCUT2D eigenvalue weighted by molar-refractivity contribution is -0.150. The van der Waals surface area contributed by atoms with Crippen molar-refractivity contribution in [1.82, 2.24) is 5.32 Å². The second kappa shape index (κ2) is 7.76. The Hall–Kier alpha value is -1.59. The molecule has 0 aromatic heterocycles. The molecule has 0 aromatic rings. The molecule has 1 aliphatic carbocycles. The molecule has 2 N–H and O–H groups in total. The standard InChI is InChI=1S/C13H21NO5/c1-2-19-11(15)8-10(13(17)18)14-12(16)9-6-4-3-5-7-9/h9-10H,2-8H2,1H3,(H,14,16)(H,17,18)/t10-/m1/s1. The third kappa shape index (κ3) is 5.28. The largest absolute Gasteiger partial charge is 0.480 e. The summed E-state index contributed by atoms with van der Waals surface area (Å²) < 4.78 is 4.70. The zero-order chi connectivity index (χ0) is 14.3. The van der Waals surface area contributed by atoms with E-state index in [1.54, 1.807) is 6.92 Å². The highest BCUT2D eigenvalue weighted by Crippen LogP contribution is 2.23. The monoisotopic (exact) mass is 271 g/mol. The van der Waals surface area contributed by atoms with Crippen LogP contribution in [-0.2, 0) is 19.1 Å². The van der Waals surface area contributed by atoms with E-state index >= 15 is 0 Å².